The van der Waals surface area contributed by atoms with E-state index in [1.54, 1.807) is 0 Å². The van der Waals surface area contributed by atoms with Gasteiger partial charge >= 0.3 is 0 Å². The van der Waals surface area contributed by atoms with Gasteiger partial charge in [0, 0.05) is 12.8 Å². The van der Waals surface area contributed by atoms with Crippen LogP contribution in [0.25, 0.3) is 0 Å². The van der Waals surface area contributed by atoms with E-state index in [0.717, 1.165) is 30.8 Å². The first-order valence-electron chi connectivity index (χ1n) is 7.93. The van der Waals surface area contributed by atoms with E-state index in [0.29, 0.717) is 13.0 Å². The van der Waals surface area contributed by atoms with Gasteiger partial charge in [-0.15, -0.1) is 0 Å². The summed E-state index contributed by atoms with van der Waals surface area (Å²) in [6, 6.07) is 16.5. The van der Waals surface area contributed by atoms with Crippen molar-refractivity contribution in [3.05, 3.63) is 65.2 Å². The lowest BCUT2D eigenvalue weighted by Gasteiger charge is -2.11. The maximum atomic E-state index is 12.0. The molecule has 0 aromatic heterocycles. The van der Waals surface area contributed by atoms with Gasteiger partial charge < -0.3 is 22.5 Å². The maximum Gasteiger partial charge on any atom is 0.122 e. The number of benzene rings is 2. The molecule has 4 heteroatoms. The number of quaternary nitrogens is 1. The maximum absolute atomic E-state index is 12.0. The van der Waals surface area contributed by atoms with Crippen LogP contribution in [0.2, 0.25) is 0 Å². The second kappa shape index (κ2) is 11.0. The van der Waals surface area contributed by atoms with Crippen molar-refractivity contribution in [2.24, 2.45) is 0 Å². The highest BCUT2D eigenvalue weighted by atomic mass is 35.5. The van der Waals surface area contributed by atoms with Crippen LogP contribution < -0.4 is 22.5 Å². The third kappa shape index (κ3) is 7.02. The average molecular weight is 338 g/mol. The Morgan fingerprint density at radius 3 is 2.48 bits per heavy atom. The van der Waals surface area contributed by atoms with Gasteiger partial charge in [0.05, 0.1) is 19.8 Å². The molecule has 0 saturated carbocycles. The minimum Gasteiger partial charge on any atom is -1.00 e. The summed E-state index contributed by atoms with van der Waals surface area (Å²) in [4.78, 5) is 0. The quantitative estimate of drug-likeness (QED) is 0.643. The Bertz CT molecular complexity index is 563. The highest BCUT2D eigenvalue weighted by Gasteiger charge is 2.03. The second-order valence-electron chi connectivity index (χ2n) is 5.53. The lowest BCUT2D eigenvalue weighted by Crippen LogP contribution is -3.00. The molecule has 0 bridgehead atoms. The van der Waals surface area contributed by atoms with Gasteiger partial charge in [-0.1, -0.05) is 42.5 Å². The molecule has 0 atom stereocenters. The van der Waals surface area contributed by atoms with E-state index in [4.69, 9.17) is 4.74 Å². The fraction of sp³-hybridized carbons (Fsp3) is 0.368. The summed E-state index contributed by atoms with van der Waals surface area (Å²) >= 11 is 0. The van der Waals surface area contributed by atoms with Crippen molar-refractivity contribution in [2.45, 2.75) is 26.4 Å². The summed E-state index contributed by atoms with van der Waals surface area (Å²) in [5.74, 6) is 0.939. The van der Waals surface area contributed by atoms with Gasteiger partial charge in [0.15, 0.2) is 0 Å². The van der Waals surface area contributed by atoms with E-state index >= 15 is 0 Å². The van der Waals surface area contributed by atoms with Gasteiger partial charge in [0.2, 0.25) is 0 Å². The Labute approximate surface area is 144 Å². The number of aryl methyl sites for hydroxylation is 1. The first-order chi connectivity index (χ1) is 10.8. The molecule has 23 heavy (non-hydrogen) atoms. The van der Waals surface area contributed by atoms with Crippen LogP contribution in [-0.4, -0.2) is 19.8 Å². The van der Waals surface area contributed by atoms with E-state index in [1.165, 1.54) is 11.1 Å². The largest absolute Gasteiger partial charge is 1.00 e. The van der Waals surface area contributed by atoms with Crippen LogP contribution >= 0.6 is 0 Å². The first-order valence-corrected chi connectivity index (χ1v) is 7.93. The summed E-state index contributed by atoms with van der Waals surface area (Å²) in [5, 5.41) is 2.18. The summed E-state index contributed by atoms with van der Waals surface area (Å²) in [6.07, 6.45) is 1.65. The van der Waals surface area contributed by atoms with Crippen molar-refractivity contribution in [3.63, 3.8) is 0 Å². The van der Waals surface area contributed by atoms with Crippen molar-refractivity contribution in [1.29, 1.82) is 0 Å². The molecule has 126 valence electrons. The third-order valence-electron chi connectivity index (χ3n) is 3.66. The van der Waals surface area contributed by atoms with Crippen LogP contribution in [0.15, 0.2) is 48.5 Å². The predicted molar refractivity (Wildman–Crippen MR) is 87.9 cm³/mol. The first kappa shape index (κ1) is 19.5. The van der Waals surface area contributed by atoms with Gasteiger partial charge in [-0.25, -0.2) is 0 Å². The molecule has 0 spiro atoms. The molecule has 0 radical (unpaired) electrons. The monoisotopic (exact) mass is 337 g/mol. The molecule has 0 aliphatic carbocycles. The molecule has 2 aromatic rings. The highest BCUT2D eigenvalue weighted by Crippen LogP contribution is 2.20. The number of hydrogen-bond donors (Lipinski definition) is 1. The molecule has 0 aliphatic heterocycles. The molecule has 0 saturated heterocycles. The average Bonchev–Trinajstić information content (AvgIpc) is 2.55. The molecule has 2 rings (SSSR count). The van der Waals surface area contributed by atoms with E-state index in [9.17, 15) is 4.39 Å². The van der Waals surface area contributed by atoms with Crippen LogP contribution in [-0.2, 0) is 13.0 Å². The van der Waals surface area contributed by atoms with Crippen molar-refractivity contribution in [2.75, 3.05) is 19.8 Å². The second-order valence-corrected chi connectivity index (χ2v) is 5.53. The summed E-state index contributed by atoms with van der Waals surface area (Å²) in [7, 11) is 0. The van der Waals surface area contributed by atoms with E-state index in [2.05, 4.69) is 42.6 Å². The Hall–Kier alpha value is -1.58. The Morgan fingerprint density at radius 2 is 1.78 bits per heavy atom. The Kier molecular flexibility index (Phi) is 9.34. The standard InChI is InChI=1S/C19H24FNO.ClH/c1-16-14-17(10-13-21-12-5-11-20)8-9-19(16)22-15-18-6-3-2-4-7-18;/h2-4,6-9,14,21H,5,10-13,15H2,1H3;1H. The van der Waals surface area contributed by atoms with Crippen LogP contribution in [0.3, 0.4) is 0 Å². The van der Waals surface area contributed by atoms with E-state index in [1.807, 2.05) is 18.2 Å². The van der Waals surface area contributed by atoms with E-state index < -0.39 is 0 Å². The van der Waals surface area contributed by atoms with Crippen LogP contribution in [0.1, 0.15) is 23.1 Å². The van der Waals surface area contributed by atoms with Gasteiger partial charge in [-0.05, 0) is 29.7 Å². The normalized spacial score (nSPS) is 10.2. The minimum absolute atomic E-state index is 0. The van der Waals surface area contributed by atoms with Crippen LogP contribution in [0.4, 0.5) is 4.39 Å². The topological polar surface area (TPSA) is 25.8 Å². The molecule has 2 N–H and O–H groups in total. The summed E-state index contributed by atoms with van der Waals surface area (Å²) < 4.78 is 17.9. The Morgan fingerprint density at radius 1 is 1.00 bits per heavy atom. The fourth-order valence-electron chi connectivity index (χ4n) is 2.40. The molecule has 0 heterocycles. The lowest BCUT2D eigenvalue weighted by atomic mass is 10.1. The van der Waals surface area contributed by atoms with Crippen molar-refractivity contribution < 1.29 is 26.9 Å². The number of rotatable bonds is 9. The van der Waals surface area contributed by atoms with Gasteiger partial charge in [0.25, 0.3) is 0 Å². The molecule has 0 unspecified atom stereocenters. The molecule has 0 aliphatic rings. The van der Waals surface area contributed by atoms with E-state index in [-0.39, 0.29) is 19.1 Å². The number of hydrogen-bond acceptors (Lipinski definition) is 1. The molecule has 0 amide bonds. The smallest absolute Gasteiger partial charge is 0.122 e. The SMILES string of the molecule is Cc1cc(CC[NH2+]CCCF)ccc1OCc1ccccc1.[Cl-]. The summed E-state index contributed by atoms with van der Waals surface area (Å²) in [5.41, 5.74) is 3.65. The minimum atomic E-state index is -0.219. The molecule has 2 nitrogen and oxygen atoms in total. The fourth-order valence-corrected chi connectivity index (χ4v) is 2.40. The zero-order chi connectivity index (χ0) is 15.6. The zero-order valence-corrected chi connectivity index (χ0v) is 14.4. The van der Waals surface area contributed by atoms with Gasteiger partial charge in [0.1, 0.15) is 12.4 Å². The molecular weight excluding hydrogens is 313 g/mol. The molecule has 0 fully saturated rings. The Balaban J connectivity index is 0.00000264. The number of halogens is 2. The third-order valence-corrected chi connectivity index (χ3v) is 3.66. The van der Waals surface area contributed by atoms with Crippen molar-refractivity contribution >= 4 is 0 Å². The zero-order valence-electron chi connectivity index (χ0n) is 13.6. The van der Waals surface area contributed by atoms with Crippen molar-refractivity contribution in [3.8, 4) is 5.75 Å². The predicted octanol–water partition coefficient (Wildman–Crippen LogP) is 0.0435. The molecule has 2 aromatic carbocycles. The number of ether oxygens (including phenoxy) is 1. The summed E-state index contributed by atoms with van der Waals surface area (Å²) in [6.45, 7) is 4.33. The van der Waals surface area contributed by atoms with Gasteiger partial charge in [-0.3, -0.25) is 4.39 Å². The number of nitrogens with two attached hydrogens (primary N) is 1. The van der Waals surface area contributed by atoms with Gasteiger partial charge in [-0.2, -0.15) is 0 Å². The highest BCUT2D eigenvalue weighted by molar-refractivity contribution is 5.36. The molecular formula is C19H25ClFNO. The van der Waals surface area contributed by atoms with Crippen LogP contribution in [0.5, 0.6) is 5.75 Å². The van der Waals surface area contributed by atoms with Crippen molar-refractivity contribution in [1.82, 2.24) is 0 Å². The number of alkyl halides is 1. The lowest BCUT2D eigenvalue weighted by molar-refractivity contribution is -0.654. The van der Waals surface area contributed by atoms with Crippen LogP contribution in [0, 0.1) is 6.92 Å².